The maximum absolute atomic E-state index is 12.0. The van der Waals surface area contributed by atoms with Crippen molar-refractivity contribution in [2.75, 3.05) is 0 Å². The summed E-state index contributed by atoms with van der Waals surface area (Å²) < 4.78 is 14.9. The van der Waals surface area contributed by atoms with Crippen LogP contribution in [0, 0.1) is 0 Å². The van der Waals surface area contributed by atoms with Crippen molar-refractivity contribution in [3.8, 4) is 0 Å². The lowest BCUT2D eigenvalue weighted by molar-refractivity contribution is 0.531. The van der Waals surface area contributed by atoms with Crippen LogP contribution in [-0.2, 0) is 17.8 Å². The van der Waals surface area contributed by atoms with Gasteiger partial charge in [-0.05, 0) is 45.2 Å². The Bertz CT molecular complexity index is 342. The molecule has 3 heteroatoms. The number of aryl methyl sites for hydroxylation is 1. The molecular formula is C14H23NOS. The standard InChI is InChI=1S/C14H23NOS/c1-6-12-7-9-13(10-8-12)11(2)15-17(16)14(3,4)5/h7-11,15H,6H2,1-5H3/t11-,17+/m0/s1. The highest BCUT2D eigenvalue weighted by Crippen LogP contribution is 2.20. The molecule has 1 rings (SSSR count). The molecule has 0 aliphatic heterocycles. The summed E-state index contributed by atoms with van der Waals surface area (Å²) in [5.74, 6) is 0. The Hall–Kier alpha value is -0.510. The summed E-state index contributed by atoms with van der Waals surface area (Å²) >= 11 is -1.03. The molecule has 0 radical (unpaired) electrons. The van der Waals surface area contributed by atoms with Crippen LogP contribution in [0.25, 0.3) is 0 Å². The van der Waals surface area contributed by atoms with Gasteiger partial charge in [-0.2, -0.15) is 0 Å². The normalized spacial score (nSPS) is 15.6. The SMILES string of the molecule is CCc1ccc([C@H](C)N[S@+]([O-])C(C)(C)C)cc1. The zero-order valence-electron chi connectivity index (χ0n) is 11.4. The third-order valence-electron chi connectivity index (χ3n) is 2.73. The van der Waals surface area contributed by atoms with E-state index < -0.39 is 11.4 Å². The fourth-order valence-corrected chi connectivity index (χ4v) is 2.26. The van der Waals surface area contributed by atoms with E-state index >= 15 is 0 Å². The Morgan fingerprint density at radius 1 is 1.24 bits per heavy atom. The van der Waals surface area contributed by atoms with Gasteiger partial charge in [-0.15, -0.1) is 4.72 Å². The fraction of sp³-hybridized carbons (Fsp3) is 0.571. The van der Waals surface area contributed by atoms with Crippen LogP contribution >= 0.6 is 0 Å². The molecule has 0 spiro atoms. The van der Waals surface area contributed by atoms with Crippen molar-refractivity contribution in [3.05, 3.63) is 35.4 Å². The highest BCUT2D eigenvalue weighted by molar-refractivity contribution is 7.90. The van der Waals surface area contributed by atoms with Gasteiger partial charge in [0.25, 0.3) is 0 Å². The Balaban J connectivity index is 2.66. The van der Waals surface area contributed by atoms with Gasteiger partial charge in [0.1, 0.15) is 4.75 Å². The van der Waals surface area contributed by atoms with Crippen LogP contribution in [0.15, 0.2) is 24.3 Å². The quantitative estimate of drug-likeness (QED) is 0.835. The van der Waals surface area contributed by atoms with E-state index in [1.165, 1.54) is 11.1 Å². The van der Waals surface area contributed by atoms with Crippen molar-refractivity contribution < 1.29 is 4.55 Å². The molecule has 0 aliphatic carbocycles. The number of benzene rings is 1. The van der Waals surface area contributed by atoms with Gasteiger partial charge in [-0.3, -0.25) is 0 Å². The lowest BCUT2D eigenvalue weighted by Crippen LogP contribution is -2.40. The highest BCUT2D eigenvalue weighted by Gasteiger charge is 2.28. The van der Waals surface area contributed by atoms with Crippen LogP contribution in [0.1, 0.15) is 51.8 Å². The number of hydrogen-bond acceptors (Lipinski definition) is 2. The average molecular weight is 253 g/mol. The third kappa shape index (κ3) is 4.34. The summed E-state index contributed by atoms with van der Waals surface area (Å²) in [6, 6.07) is 8.59. The number of nitrogens with one attached hydrogen (secondary N) is 1. The van der Waals surface area contributed by atoms with Crippen molar-refractivity contribution in [1.82, 2.24) is 4.72 Å². The molecule has 17 heavy (non-hydrogen) atoms. The number of rotatable bonds is 4. The fourth-order valence-electron chi connectivity index (χ4n) is 1.45. The lowest BCUT2D eigenvalue weighted by Gasteiger charge is -2.26. The van der Waals surface area contributed by atoms with Crippen LogP contribution in [0.3, 0.4) is 0 Å². The summed E-state index contributed by atoms with van der Waals surface area (Å²) in [6.07, 6.45) is 1.05. The van der Waals surface area contributed by atoms with E-state index in [-0.39, 0.29) is 10.8 Å². The van der Waals surface area contributed by atoms with Gasteiger partial charge in [0.15, 0.2) is 0 Å². The van der Waals surface area contributed by atoms with Crippen LogP contribution < -0.4 is 4.72 Å². The van der Waals surface area contributed by atoms with Gasteiger partial charge in [0.05, 0.1) is 6.04 Å². The molecule has 0 saturated carbocycles. The van der Waals surface area contributed by atoms with Crippen molar-refractivity contribution in [2.24, 2.45) is 0 Å². The Kier molecular flexibility index (Phi) is 5.04. The molecule has 0 amide bonds. The van der Waals surface area contributed by atoms with Crippen molar-refractivity contribution in [2.45, 2.75) is 51.8 Å². The van der Waals surface area contributed by atoms with E-state index in [0.29, 0.717) is 0 Å². The minimum atomic E-state index is -1.03. The maximum atomic E-state index is 12.0. The predicted molar refractivity (Wildman–Crippen MR) is 75.3 cm³/mol. The van der Waals surface area contributed by atoms with Crippen LogP contribution in [0.5, 0.6) is 0 Å². The van der Waals surface area contributed by atoms with Crippen molar-refractivity contribution >= 4 is 11.4 Å². The molecule has 2 atom stereocenters. The molecule has 0 fully saturated rings. The van der Waals surface area contributed by atoms with E-state index in [4.69, 9.17) is 0 Å². The molecule has 0 aliphatic rings. The summed E-state index contributed by atoms with van der Waals surface area (Å²) in [4.78, 5) is 0. The largest absolute Gasteiger partial charge is 0.598 e. The first-order valence-electron chi connectivity index (χ1n) is 6.11. The van der Waals surface area contributed by atoms with Gasteiger partial charge in [-0.1, -0.05) is 31.2 Å². The number of hydrogen-bond donors (Lipinski definition) is 1. The van der Waals surface area contributed by atoms with E-state index in [9.17, 15) is 4.55 Å². The molecule has 0 aromatic heterocycles. The summed E-state index contributed by atoms with van der Waals surface area (Å²) in [5.41, 5.74) is 2.51. The molecule has 2 nitrogen and oxygen atoms in total. The molecule has 0 heterocycles. The van der Waals surface area contributed by atoms with E-state index in [1.54, 1.807) is 0 Å². The minimum absolute atomic E-state index is 0.112. The first kappa shape index (κ1) is 14.6. The maximum Gasteiger partial charge on any atom is 0.136 e. The first-order chi connectivity index (χ1) is 7.84. The predicted octanol–water partition coefficient (Wildman–Crippen LogP) is 3.36. The van der Waals surface area contributed by atoms with Gasteiger partial charge in [0.2, 0.25) is 0 Å². The Morgan fingerprint density at radius 3 is 2.18 bits per heavy atom. The van der Waals surface area contributed by atoms with Gasteiger partial charge in [0, 0.05) is 11.4 Å². The topological polar surface area (TPSA) is 35.1 Å². The smallest absolute Gasteiger partial charge is 0.136 e. The molecule has 1 aromatic carbocycles. The minimum Gasteiger partial charge on any atom is -0.598 e. The molecule has 0 unspecified atom stereocenters. The van der Waals surface area contributed by atoms with Crippen molar-refractivity contribution in [1.29, 1.82) is 0 Å². The molecule has 1 N–H and O–H groups in total. The third-order valence-corrected chi connectivity index (χ3v) is 4.41. The highest BCUT2D eigenvalue weighted by atomic mass is 32.2. The molecule has 96 valence electrons. The summed E-state index contributed by atoms with van der Waals surface area (Å²) in [5, 5.41) is 0. The summed E-state index contributed by atoms with van der Waals surface area (Å²) in [7, 11) is 0. The van der Waals surface area contributed by atoms with E-state index in [0.717, 1.165) is 6.42 Å². The van der Waals surface area contributed by atoms with Gasteiger partial charge in [-0.25, -0.2) is 0 Å². The second-order valence-corrected chi connectivity index (χ2v) is 7.31. The van der Waals surface area contributed by atoms with Gasteiger partial charge < -0.3 is 4.55 Å². The molecule has 1 aromatic rings. The second-order valence-electron chi connectivity index (χ2n) is 5.32. The van der Waals surface area contributed by atoms with Crippen LogP contribution in [0.2, 0.25) is 0 Å². The van der Waals surface area contributed by atoms with Crippen LogP contribution in [0.4, 0.5) is 0 Å². The van der Waals surface area contributed by atoms with E-state index in [1.807, 2.05) is 27.7 Å². The van der Waals surface area contributed by atoms with Gasteiger partial charge >= 0.3 is 0 Å². The van der Waals surface area contributed by atoms with E-state index in [2.05, 4.69) is 35.9 Å². The lowest BCUT2D eigenvalue weighted by atomic mass is 10.1. The molecule has 0 bridgehead atoms. The van der Waals surface area contributed by atoms with Crippen molar-refractivity contribution in [3.63, 3.8) is 0 Å². The Morgan fingerprint density at radius 2 is 1.76 bits per heavy atom. The summed E-state index contributed by atoms with van der Waals surface area (Å²) in [6.45, 7) is 10.1. The first-order valence-corrected chi connectivity index (χ1v) is 7.26. The second kappa shape index (κ2) is 5.89. The van der Waals surface area contributed by atoms with Crippen LogP contribution in [-0.4, -0.2) is 9.30 Å². The zero-order chi connectivity index (χ0) is 13.1. The zero-order valence-corrected chi connectivity index (χ0v) is 12.2. The average Bonchev–Trinajstić information content (AvgIpc) is 2.27. The molecule has 0 saturated heterocycles. The molecular weight excluding hydrogens is 230 g/mol. The monoisotopic (exact) mass is 253 g/mol. The Labute approximate surface area is 108 Å².